The number of carbonyl (C=O) groups is 1. The third kappa shape index (κ3) is 2.13. The molecule has 0 heterocycles. The van der Waals surface area contributed by atoms with E-state index < -0.39 is 0 Å². The van der Waals surface area contributed by atoms with E-state index >= 15 is 0 Å². The van der Waals surface area contributed by atoms with Gasteiger partial charge < -0.3 is 4.74 Å². The van der Waals surface area contributed by atoms with Crippen LogP contribution in [0, 0.1) is 6.92 Å². The molecule has 74 valence electrons. The van der Waals surface area contributed by atoms with E-state index in [0.29, 0.717) is 18.6 Å². The molecule has 1 aromatic carbocycles. The molecule has 2 rings (SSSR count). The predicted molar refractivity (Wildman–Crippen MR) is 54.5 cm³/mol. The van der Waals surface area contributed by atoms with Crippen LogP contribution in [-0.2, 0) is 4.79 Å². The highest BCUT2D eigenvalue weighted by molar-refractivity contribution is 5.81. The lowest BCUT2D eigenvalue weighted by atomic mass is 10.2. The van der Waals surface area contributed by atoms with Crippen LogP contribution in [0.15, 0.2) is 24.3 Å². The van der Waals surface area contributed by atoms with E-state index in [-0.39, 0.29) is 6.10 Å². The molecule has 1 saturated carbocycles. The average Bonchev–Trinajstić information content (AvgIpc) is 2.51. The summed E-state index contributed by atoms with van der Waals surface area (Å²) in [4.78, 5) is 11.0. The van der Waals surface area contributed by atoms with Crippen molar-refractivity contribution in [2.75, 3.05) is 0 Å². The molecule has 1 atom stereocenters. The number of Topliss-reactive ketones (excluding diaryl/α,β-unsaturated/α-hetero) is 1. The molecule has 14 heavy (non-hydrogen) atoms. The van der Waals surface area contributed by atoms with Crippen LogP contribution in [0.3, 0.4) is 0 Å². The van der Waals surface area contributed by atoms with Crippen molar-refractivity contribution in [3.05, 3.63) is 29.8 Å². The van der Waals surface area contributed by atoms with Gasteiger partial charge in [0.2, 0.25) is 0 Å². The molecule has 0 bridgehead atoms. The van der Waals surface area contributed by atoms with E-state index in [1.165, 1.54) is 5.56 Å². The van der Waals surface area contributed by atoms with Crippen molar-refractivity contribution in [1.82, 2.24) is 0 Å². The lowest BCUT2D eigenvalue weighted by molar-refractivity contribution is -0.117. The minimum Gasteiger partial charge on any atom is -0.490 e. The van der Waals surface area contributed by atoms with Crippen LogP contribution in [0.4, 0.5) is 0 Å². The molecule has 0 amide bonds. The van der Waals surface area contributed by atoms with E-state index in [2.05, 4.69) is 0 Å². The van der Waals surface area contributed by atoms with Crippen LogP contribution in [0.2, 0.25) is 0 Å². The molecule has 2 nitrogen and oxygen atoms in total. The van der Waals surface area contributed by atoms with E-state index in [0.717, 1.165) is 12.2 Å². The standard InChI is InChI=1S/C12H14O2/c1-9-3-2-4-11(7-9)14-12-6-5-10(13)8-12/h2-4,7,12H,5-6,8H2,1H3. The fraction of sp³-hybridized carbons (Fsp3) is 0.417. The van der Waals surface area contributed by atoms with E-state index in [1.807, 2.05) is 31.2 Å². The Hall–Kier alpha value is -1.31. The van der Waals surface area contributed by atoms with Crippen molar-refractivity contribution < 1.29 is 9.53 Å². The maximum Gasteiger partial charge on any atom is 0.136 e. The first kappa shape index (κ1) is 9.25. The fourth-order valence-electron chi connectivity index (χ4n) is 1.76. The number of aryl methyl sites for hydroxylation is 1. The molecule has 0 N–H and O–H groups in total. The molecule has 1 aliphatic rings. The van der Waals surface area contributed by atoms with Gasteiger partial charge in [-0.15, -0.1) is 0 Å². The fourth-order valence-corrected chi connectivity index (χ4v) is 1.76. The monoisotopic (exact) mass is 190 g/mol. The van der Waals surface area contributed by atoms with E-state index in [9.17, 15) is 4.79 Å². The second kappa shape index (κ2) is 3.82. The molecule has 0 radical (unpaired) electrons. The first-order chi connectivity index (χ1) is 6.74. The Labute approximate surface area is 83.9 Å². The number of ether oxygens (including phenoxy) is 1. The molecular weight excluding hydrogens is 176 g/mol. The Morgan fingerprint density at radius 1 is 1.43 bits per heavy atom. The van der Waals surface area contributed by atoms with Gasteiger partial charge in [-0.2, -0.15) is 0 Å². The molecule has 0 spiro atoms. The molecule has 1 fully saturated rings. The molecule has 0 aromatic heterocycles. The van der Waals surface area contributed by atoms with Gasteiger partial charge in [0.1, 0.15) is 17.6 Å². The summed E-state index contributed by atoms with van der Waals surface area (Å²) in [6.45, 7) is 2.03. The number of hydrogen-bond donors (Lipinski definition) is 0. The van der Waals surface area contributed by atoms with Gasteiger partial charge in [-0.1, -0.05) is 12.1 Å². The van der Waals surface area contributed by atoms with Crippen molar-refractivity contribution in [3.63, 3.8) is 0 Å². The maximum atomic E-state index is 11.0. The average molecular weight is 190 g/mol. The van der Waals surface area contributed by atoms with Gasteiger partial charge in [0.15, 0.2) is 0 Å². The quantitative estimate of drug-likeness (QED) is 0.716. The zero-order valence-electron chi connectivity index (χ0n) is 8.32. The highest BCUT2D eigenvalue weighted by Crippen LogP contribution is 2.22. The van der Waals surface area contributed by atoms with Crippen LogP contribution in [-0.4, -0.2) is 11.9 Å². The lowest BCUT2D eigenvalue weighted by Gasteiger charge is -2.12. The maximum absolute atomic E-state index is 11.0. The van der Waals surface area contributed by atoms with Gasteiger partial charge >= 0.3 is 0 Å². The summed E-state index contributed by atoms with van der Waals surface area (Å²) in [5.74, 6) is 1.20. The molecule has 0 aliphatic heterocycles. The zero-order chi connectivity index (χ0) is 9.97. The van der Waals surface area contributed by atoms with Crippen LogP contribution in [0.1, 0.15) is 24.8 Å². The van der Waals surface area contributed by atoms with Gasteiger partial charge in [-0.25, -0.2) is 0 Å². The van der Waals surface area contributed by atoms with Crippen LogP contribution < -0.4 is 4.74 Å². The van der Waals surface area contributed by atoms with Gasteiger partial charge in [-0.3, -0.25) is 4.79 Å². The van der Waals surface area contributed by atoms with Gasteiger partial charge in [0, 0.05) is 12.8 Å². The highest BCUT2D eigenvalue weighted by Gasteiger charge is 2.23. The Morgan fingerprint density at radius 3 is 2.93 bits per heavy atom. The predicted octanol–water partition coefficient (Wildman–Crippen LogP) is 2.50. The van der Waals surface area contributed by atoms with Crippen LogP contribution >= 0.6 is 0 Å². The Morgan fingerprint density at radius 2 is 2.29 bits per heavy atom. The Bertz CT molecular complexity index is 344. The van der Waals surface area contributed by atoms with Crippen molar-refractivity contribution in [3.8, 4) is 5.75 Å². The number of benzene rings is 1. The third-order valence-electron chi connectivity index (χ3n) is 2.49. The SMILES string of the molecule is Cc1cccc(OC2CCC(=O)C2)c1. The summed E-state index contributed by atoms with van der Waals surface area (Å²) in [6, 6.07) is 7.95. The third-order valence-corrected chi connectivity index (χ3v) is 2.49. The highest BCUT2D eigenvalue weighted by atomic mass is 16.5. The molecule has 2 heteroatoms. The number of ketones is 1. The van der Waals surface area contributed by atoms with Crippen molar-refractivity contribution in [2.24, 2.45) is 0 Å². The van der Waals surface area contributed by atoms with Crippen molar-refractivity contribution in [1.29, 1.82) is 0 Å². The van der Waals surface area contributed by atoms with Gasteiger partial charge in [0.05, 0.1) is 0 Å². The summed E-state index contributed by atoms with van der Waals surface area (Å²) in [6.07, 6.45) is 2.22. The summed E-state index contributed by atoms with van der Waals surface area (Å²) in [5.41, 5.74) is 1.19. The molecule has 0 saturated heterocycles. The summed E-state index contributed by atoms with van der Waals surface area (Å²) in [5, 5.41) is 0. The number of rotatable bonds is 2. The molecular formula is C12H14O2. The number of carbonyl (C=O) groups excluding carboxylic acids is 1. The largest absolute Gasteiger partial charge is 0.490 e. The van der Waals surface area contributed by atoms with Gasteiger partial charge in [-0.05, 0) is 31.0 Å². The molecule has 1 unspecified atom stereocenters. The second-order valence-corrected chi connectivity index (χ2v) is 3.84. The Balaban J connectivity index is 2.00. The number of hydrogen-bond acceptors (Lipinski definition) is 2. The lowest BCUT2D eigenvalue weighted by Crippen LogP contribution is -2.11. The zero-order valence-corrected chi connectivity index (χ0v) is 8.32. The van der Waals surface area contributed by atoms with Crippen LogP contribution in [0.5, 0.6) is 5.75 Å². The van der Waals surface area contributed by atoms with Crippen LogP contribution in [0.25, 0.3) is 0 Å². The van der Waals surface area contributed by atoms with E-state index in [1.54, 1.807) is 0 Å². The first-order valence-corrected chi connectivity index (χ1v) is 4.99. The Kier molecular flexibility index (Phi) is 2.53. The summed E-state index contributed by atoms with van der Waals surface area (Å²) in [7, 11) is 0. The van der Waals surface area contributed by atoms with Gasteiger partial charge in [0.25, 0.3) is 0 Å². The second-order valence-electron chi connectivity index (χ2n) is 3.84. The van der Waals surface area contributed by atoms with Crippen molar-refractivity contribution >= 4 is 5.78 Å². The molecule has 1 aromatic rings. The summed E-state index contributed by atoms with van der Waals surface area (Å²) < 4.78 is 5.71. The minimum atomic E-state index is 0.101. The topological polar surface area (TPSA) is 26.3 Å². The first-order valence-electron chi connectivity index (χ1n) is 4.99. The van der Waals surface area contributed by atoms with Crippen molar-refractivity contribution in [2.45, 2.75) is 32.3 Å². The smallest absolute Gasteiger partial charge is 0.136 e. The minimum absolute atomic E-state index is 0.101. The van der Waals surface area contributed by atoms with E-state index in [4.69, 9.17) is 4.74 Å². The molecule has 1 aliphatic carbocycles. The normalized spacial score (nSPS) is 21.2. The summed E-state index contributed by atoms with van der Waals surface area (Å²) >= 11 is 0.